The third-order valence-corrected chi connectivity index (χ3v) is 6.37. The number of carbonyl (C=O) groups is 1. The average Bonchev–Trinajstić information content (AvgIpc) is 3.10. The maximum atomic E-state index is 13.1. The first-order chi connectivity index (χ1) is 16.0. The zero-order valence-corrected chi connectivity index (χ0v) is 19.6. The summed E-state index contributed by atoms with van der Waals surface area (Å²) in [4.78, 5) is 21.4. The van der Waals surface area contributed by atoms with E-state index >= 15 is 0 Å². The summed E-state index contributed by atoms with van der Waals surface area (Å²) in [7, 11) is 0. The van der Waals surface area contributed by atoms with E-state index in [1.165, 1.54) is 12.1 Å². The summed E-state index contributed by atoms with van der Waals surface area (Å²) in [6.07, 6.45) is 4.39. The van der Waals surface area contributed by atoms with Gasteiger partial charge in [0, 0.05) is 44.2 Å². The number of ether oxygens (including phenoxy) is 1. The maximum absolute atomic E-state index is 13.1. The molecular weight excluding hydrogens is 437 g/mol. The summed E-state index contributed by atoms with van der Waals surface area (Å²) < 4.78 is 19.0. The number of aromatic nitrogens is 1. The Morgan fingerprint density at radius 3 is 2.79 bits per heavy atom. The van der Waals surface area contributed by atoms with Crippen LogP contribution in [0.3, 0.4) is 0 Å². The number of carbonyl (C=O) groups excluding carboxylic acids is 1. The lowest BCUT2D eigenvalue weighted by atomic mass is 10.2. The van der Waals surface area contributed by atoms with Gasteiger partial charge in [-0.1, -0.05) is 24.3 Å². The van der Waals surface area contributed by atoms with Gasteiger partial charge in [-0.15, -0.1) is 11.3 Å². The number of benzene rings is 2. The van der Waals surface area contributed by atoms with E-state index in [0.29, 0.717) is 13.2 Å². The lowest BCUT2D eigenvalue weighted by molar-refractivity contribution is -0.125. The van der Waals surface area contributed by atoms with Crippen LogP contribution in [0.4, 0.5) is 4.39 Å². The van der Waals surface area contributed by atoms with E-state index in [2.05, 4.69) is 9.88 Å². The second-order valence-corrected chi connectivity index (χ2v) is 9.20. The molecule has 172 valence electrons. The predicted molar refractivity (Wildman–Crippen MR) is 130 cm³/mol. The second kappa shape index (κ2) is 11.2. The Balaban J connectivity index is 1.28. The normalized spacial score (nSPS) is 15.0. The van der Waals surface area contributed by atoms with Gasteiger partial charge < -0.3 is 9.64 Å². The van der Waals surface area contributed by atoms with Crippen molar-refractivity contribution in [2.75, 3.05) is 26.2 Å². The van der Waals surface area contributed by atoms with E-state index in [4.69, 9.17) is 4.74 Å². The molecule has 2 heterocycles. The number of halogens is 1. The SMILES string of the molecule is Cc1nc(COc2cccc(/C=C/C(=O)N3CCCN(Cc4ccc(F)cc4)CC3)c2)cs1. The van der Waals surface area contributed by atoms with Gasteiger partial charge in [0.2, 0.25) is 5.91 Å². The number of aryl methyl sites for hydroxylation is 1. The Kier molecular flexibility index (Phi) is 7.86. The van der Waals surface area contributed by atoms with Crippen molar-refractivity contribution in [3.05, 3.63) is 87.6 Å². The number of nitrogens with zero attached hydrogens (tertiary/aromatic N) is 3. The smallest absolute Gasteiger partial charge is 0.246 e. The van der Waals surface area contributed by atoms with Crippen molar-refractivity contribution in [2.45, 2.75) is 26.5 Å². The highest BCUT2D eigenvalue weighted by molar-refractivity contribution is 7.09. The van der Waals surface area contributed by atoms with Gasteiger partial charge in [0.25, 0.3) is 0 Å². The van der Waals surface area contributed by atoms with E-state index in [-0.39, 0.29) is 11.7 Å². The largest absolute Gasteiger partial charge is 0.487 e. The Morgan fingerprint density at radius 2 is 2.00 bits per heavy atom. The number of hydrogen-bond donors (Lipinski definition) is 0. The fraction of sp³-hybridized carbons (Fsp3) is 0.308. The number of rotatable bonds is 7. The molecule has 0 N–H and O–H groups in total. The molecule has 0 atom stereocenters. The molecule has 4 rings (SSSR count). The molecule has 1 amide bonds. The molecule has 0 saturated carbocycles. The Bertz CT molecular complexity index is 1100. The molecule has 1 saturated heterocycles. The molecule has 0 bridgehead atoms. The van der Waals surface area contributed by atoms with Crippen molar-refractivity contribution in [2.24, 2.45) is 0 Å². The first kappa shape index (κ1) is 23.1. The van der Waals surface area contributed by atoms with Crippen LogP contribution in [0.1, 0.15) is 28.2 Å². The molecule has 2 aromatic carbocycles. The van der Waals surface area contributed by atoms with Crippen LogP contribution in [-0.2, 0) is 17.9 Å². The van der Waals surface area contributed by atoms with Crippen LogP contribution in [0.25, 0.3) is 6.08 Å². The molecule has 0 radical (unpaired) electrons. The number of amides is 1. The van der Waals surface area contributed by atoms with Crippen LogP contribution >= 0.6 is 11.3 Å². The standard InChI is InChI=1S/C26H28FN3O2S/c1-20-28-24(19-33-20)18-32-25-5-2-4-21(16-25)8-11-26(31)30-13-3-12-29(14-15-30)17-22-6-9-23(27)10-7-22/h2,4-11,16,19H,3,12-15,17-18H2,1H3/b11-8+. The van der Waals surface area contributed by atoms with Gasteiger partial charge in [-0.2, -0.15) is 0 Å². The molecule has 33 heavy (non-hydrogen) atoms. The first-order valence-electron chi connectivity index (χ1n) is 11.1. The van der Waals surface area contributed by atoms with Gasteiger partial charge in [0.15, 0.2) is 0 Å². The Morgan fingerprint density at radius 1 is 1.15 bits per heavy atom. The van der Waals surface area contributed by atoms with Crippen molar-refractivity contribution in [3.63, 3.8) is 0 Å². The highest BCUT2D eigenvalue weighted by Gasteiger charge is 2.17. The minimum atomic E-state index is -0.218. The molecule has 0 aliphatic carbocycles. The molecule has 5 nitrogen and oxygen atoms in total. The van der Waals surface area contributed by atoms with Gasteiger partial charge >= 0.3 is 0 Å². The molecule has 1 aliphatic heterocycles. The van der Waals surface area contributed by atoms with Crippen LogP contribution in [0, 0.1) is 12.7 Å². The highest BCUT2D eigenvalue weighted by Crippen LogP contribution is 2.18. The predicted octanol–water partition coefficient (Wildman–Crippen LogP) is 4.92. The molecule has 1 fully saturated rings. The van der Waals surface area contributed by atoms with Crippen LogP contribution in [-0.4, -0.2) is 46.9 Å². The molecule has 0 spiro atoms. The number of thiazole rings is 1. The summed E-state index contributed by atoms with van der Waals surface area (Å²) in [5, 5.41) is 3.02. The van der Waals surface area contributed by atoms with Crippen molar-refractivity contribution in [3.8, 4) is 5.75 Å². The monoisotopic (exact) mass is 465 g/mol. The summed E-state index contributed by atoms with van der Waals surface area (Å²) in [5.74, 6) is 0.550. The van der Waals surface area contributed by atoms with Crippen molar-refractivity contribution >= 4 is 23.3 Å². The fourth-order valence-electron chi connectivity index (χ4n) is 3.81. The quantitative estimate of drug-likeness (QED) is 0.465. The Labute approximate surface area is 198 Å². The zero-order chi connectivity index (χ0) is 23.0. The third-order valence-electron chi connectivity index (χ3n) is 5.55. The van der Waals surface area contributed by atoms with Gasteiger partial charge in [-0.3, -0.25) is 9.69 Å². The molecule has 1 aliphatic rings. The van der Waals surface area contributed by atoms with E-state index in [1.807, 2.05) is 59.7 Å². The van der Waals surface area contributed by atoms with Crippen molar-refractivity contribution < 1.29 is 13.9 Å². The minimum Gasteiger partial charge on any atom is -0.487 e. The second-order valence-electron chi connectivity index (χ2n) is 8.13. The summed E-state index contributed by atoms with van der Waals surface area (Å²) in [6.45, 7) is 6.31. The van der Waals surface area contributed by atoms with Gasteiger partial charge in [0.05, 0.1) is 10.7 Å². The average molecular weight is 466 g/mol. The van der Waals surface area contributed by atoms with Crippen LogP contribution in [0.5, 0.6) is 5.75 Å². The Hall–Kier alpha value is -3.03. The molecule has 7 heteroatoms. The van der Waals surface area contributed by atoms with E-state index < -0.39 is 0 Å². The highest BCUT2D eigenvalue weighted by atomic mass is 32.1. The third kappa shape index (κ3) is 6.97. The van der Waals surface area contributed by atoms with Crippen molar-refractivity contribution in [1.29, 1.82) is 0 Å². The lowest BCUT2D eigenvalue weighted by Crippen LogP contribution is -2.34. The van der Waals surface area contributed by atoms with E-state index in [9.17, 15) is 9.18 Å². The van der Waals surface area contributed by atoms with E-state index in [1.54, 1.807) is 17.4 Å². The maximum Gasteiger partial charge on any atom is 0.246 e. The fourth-order valence-corrected chi connectivity index (χ4v) is 4.41. The zero-order valence-electron chi connectivity index (χ0n) is 18.7. The number of hydrogen-bond acceptors (Lipinski definition) is 5. The lowest BCUT2D eigenvalue weighted by Gasteiger charge is -2.21. The van der Waals surface area contributed by atoms with E-state index in [0.717, 1.165) is 60.2 Å². The van der Waals surface area contributed by atoms with Crippen LogP contribution in [0.2, 0.25) is 0 Å². The van der Waals surface area contributed by atoms with Gasteiger partial charge in [-0.25, -0.2) is 9.37 Å². The molecule has 1 aromatic heterocycles. The molecule has 3 aromatic rings. The van der Waals surface area contributed by atoms with Gasteiger partial charge in [0.1, 0.15) is 18.2 Å². The molecular formula is C26H28FN3O2S. The summed E-state index contributed by atoms with van der Waals surface area (Å²) in [6, 6.07) is 14.3. The van der Waals surface area contributed by atoms with Gasteiger partial charge in [-0.05, 0) is 54.8 Å². The summed E-state index contributed by atoms with van der Waals surface area (Å²) >= 11 is 1.61. The first-order valence-corrected chi connectivity index (χ1v) is 12.0. The van der Waals surface area contributed by atoms with Crippen LogP contribution in [0.15, 0.2) is 60.0 Å². The summed E-state index contributed by atoms with van der Waals surface area (Å²) in [5.41, 5.74) is 2.93. The minimum absolute atomic E-state index is 0.0166. The topological polar surface area (TPSA) is 45.7 Å². The van der Waals surface area contributed by atoms with Crippen LogP contribution < -0.4 is 4.74 Å². The van der Waals surface area contributed by atoms with Crippen molar-refractivity contribution in [1.82, 2.24) is 14.8 Å². The molecule has 0 unspecified atom stereocenters.